The Morgan fingerprint density at radius 1 is 1.53 bits per heavy atom. The van der Waals surface area contributed by atoms with Gasteiger partial charge in [-0.25, -0.2) is 8.78 Å². The summed E-state index contributed by atoms with van der Waals surface area (Å²) in [6.45, 7) is -0.413. The van der Waals surface area contributed by atoms with E-state index in [4.69, 9.17) is 0 Å². The van der Waals surface area contributed by atoms with Gasteiger partial charge in [-0.15, -0.1) is 0 Å². The fourth-order valence-electron chi connectivity index (χ4n) is 2.67. The smallest absolute Gasteiger partial charge is 0.293 e. The van der Waals surface area contributed by atoms with Gasteiger partial charge >= 0.3 is 0 Å². The molecular formula is C10H8F4N2O. The van der Waals surface area contributed by atoms with Crippen LogP contribution in [0.25, 0.3) is 0 Å². The van der Waals surface area contributed by atoms with Gasteiger partial charge in [0.15, 0.2) is 0 Å². The van der Waals surface area contributed by atoms with E-state index in [1.807, 2.05) is 0 Å². The summed E-state index contributed by atoms with van der Waals surface area (Å²) in [5.41, 5.74) is -1.11. The van der Waals surface area contributed by atoms with Crippen molar-refractivity contribution in [2.24, 2.45) is 5.92 Å². The third-order valence-corrected chi connectivity index (χ3v) is 3.41. The highest BCUT2D eigenvalue weighted by Gasteiger charge is 2.67. The zero-order valence-corrected chi connectivity index (χ0v) is 8.54. The van der Waals surface area contributed by atoms with Crippen LogP contribution in [0, 0.1) is 5.92 Å². The van der Waals surface area contributed by atoms with E-state index in [0.29, 0.717) is 6.29 Å². The first-order valence-electron chi connectivity index (χ1n) is 5.19. The summed E-state index contributed by atoms with van der Waals surface area (Å²) in [6.07, 6.45) is -2.28. The Balaban J connectivity index is 2.19. The average Bonchev–Trinajstić information content (AvgIpc) is 2.89. The van der Waals surface area contributed by atoms with Gasteiger partial charge in [-0.1, -0.05) is 0 Å². The molecule has 17 heavy (non-hydrogen) atoms. The summed E-state index contributed by atoms with van der Waals surface area (Å²) >= 11 is 0. The number of hydrogen-bond donors (Lipinski definition) is 0. The van der Waals surface area contributed by atoms with Crippen LogP contribution in [0.5, 0.6) is 0 Å². The van der Waals surface area contributed by atoms with Crippen molar-refractivity contribution in [3.8, 4) is 0 Å². The Labute approximate surface area is 93.4 Å². The molecule has 1 aromatic heterocycles. The lowest BCUT2D eigenvalue weighted by molar-refractivity contribution is -0.108. The molecule has 2 aliphatic rings. The minimum absolute atomic E-state index is 0.0307. The molecule has 0 amide bonds. The molecule has 1 saturated carbocycles. The molecule has 1 aromatic rings. The first-order chi connectivity index (χ1) is 7.98. The Morgan fingerprint density at radius 3 is 2.82 bits per heavy atom. The van der Waals surface area contributed by atoms with Crippen LogP contribution in [0.4, 0.5) is 17.6 Å². The van der Waals surface area contributed by atoms with Crippen LogP contribution in [0.3, 0.4) is 0 Å². The number of carbonyl (C=O) groups is 1. The summed E-state index contributed by atoms with van der Waals surface area (Å²) in [5, 5.41) is 3.45. The number of halogens is 4. The van der Waals surface area contributed by atoms with E-state index >= 15 is 0 Å². The maximum atomic E-state index is 13.8. The second kappa shape index (κ2) is 3.08. The number of hydrogen-bond acceptors (Lipinski definition) is 2. The second-order valence-corrected chi connectivity index (χ2v) is 4.37. The van der Waals surface area contributed by atoms with Crippen molar-refractivity contribution in [2.45, 2.75) is 31.2 Å². The number of aromatic nitrogens is 2. The molecular weight excluding hydrogens is 240 g/mol. The molecule has 0 saturated heterocycles. The Bertz CT molecular complexity index is 497. The molecule has 3 nitrogen and oxygen atoms in total. The first-order valence-corrected chi connectivity index (χ1v) is 5.19. The number of nitrogens with zero attached hydrogens (tertiary/aromatic N) is 2. The number of fused-ring (bicyclic) bond motifs is 3. The van der Waals surface area contributed by atoms with E-state index in [1.165, 1.54) is 0 Å². The molecule has 2 unspecified atom stereocenters. The van der Waals surface area contributed by atoms with Crippen LogP contribution in [0.2, 0.25) is 0 Å². The van der Waals surface area contributed by atoms with Gasteiger partial charge in [0.2, 0.25) is 0 Å². The van der Waals surface area contributed by atoms with E-state index in [-0.39, 0.29) is 12.0 Å². The normalized spacial score (nSPS) is 28.1. The van der Waals surface area contributed by atoms with E-state index in [0.717, 1.165) is 4.68 Å². The molecule has 0 aliphatic heterocycles. The minimum Gasteiger partial charge on any atom is -0.301 e. The molecule has 0 bridgehead atoms. The van der Waals surface area contributed by atoms with Crippen molar-refractivity contribution in [3.63, 3.8) is 0 Å². The highest BCUT2D eigenvalue weighted by atomic mass is 19.3. The number of carbonyl (C=O) groups excluding carboxylic acids is 1. The minimum atomic E-state index is -3.14. The standard InChI is InChI=1S/C10H8F4N2O/c11-9(12)7-6-4-3-5(4)10(13,14)8(6)16(15-7)1-2-17/h2,4-5,9H,1,3H2. The van der Waals surface area contributed by atoms with Crippen LogP contribution in [-0.4, -0.2) is 16.1 Å². The fraction of sp³-hybridized carbons (Fsp3) is 0.600. The zero-order chi connectivity index (χ0) is 12.4. The lowest BCUT2D eigenvalue weighted by Gasteiger charge is -2.13. The van der Waals surface area contributed by atoms with Gasteiger partial charge in [0.1, 0.15) is 17.7 Å². The average molecular weight is 248 g/mol. The third kappa shape index (κ3) is 1.22. The number of aldehydes is 1. The molecule has 7 heteroatoms. The monoisotopic (exact) mass is 248 g/mol. The molecule has 3 rings (SSSR count). The van der Waals surface area contributed by atoms with Gasteiger partial charge < -0.3 is 4.79 Å². The highest BCUT2D eigenvalue weighted by molar-refractivity contribution is 5.52. The maximum absolute atomic E-state index is 13.8. The molecule has 0 spiro atoms. The van der Waals surface area contributed by atoms with Gasteiger partial charge in [0.25, 0.3) is 12.3 Å². The largest absolute Gasteiger partial charge is 0.301 e. The van der Waals surface area contributed by atoms with E-state index in [1.54, 1.807) is 0 Å². The first kappa shape index (κ1) is 10.7. The Morgan fingerprint density at radius 2 is 2.24 bits per heavy atom. The summed E-state index contributed by atoms with van der Waals surface area (Å²) < 4.78 is 53.8. The van der Waals surface area contributed by atoms with E-state index in [2.05, 4.69) is 5.10 Å². The predicted octanol–water partition coefficient (Wildman–Crippen LogP) is 2.23. The highest BCUT2D eigenvalue weighted by Crippen LogP contribution is 2.68. The van der Waals surface area contributed by atoms with Crippen molar-refractivity contribution >= 4 is 6.29 Å². The maximum Gasteiger partial charge on any atom is 0.293 e. The third-order valence-electron chi connectivity index (χ3n) is 3.41. The van der Waals surface area contributed by atoms with Gasteiger partial charge in [0, 0.05) is 11.5 Å². The zero-order valence-electron chi connectivity index (χ0n) is 8.54. The van der Waals surface area contributed by atoms with E-state index < -0.39 is 42.1 Å². The van der Waals surface area contributed by atoms with Gasteiger partial charge in [0.05, 0.1) is 6.54 Å². The van der Waals surface area contributed by atoms with Crippen LogP contribution < -0.4 is 0 Å². The van der Waals surface area contributed by atoms with Crippen LogP contribution >= 0.6 is 0 Å². The topological polar surface area (TPSA) is 34.9 Å². The lowest BCUT2D eigenvalue weighted by atomic mass is 10.1. The van der Waals surface area contributed by atoms with Crippen molar-refractivity contribution in [1.29, 1.82) is 0 Å². The van der Waals surface area contributed by atoms with Gasteiger partial charge in [-0.3, -0.25) is 4.68 Å². The van der Waals surface area contributed by atoms with E-state index in [9.17, 15) is 22.4 Å². The molecule has 0 aromatic carbocycles. The predicted molar refractivity (Wildman–Crippen MR) is 48.0 cm³/mol. The molecule has 2 atom stereocenters. The van der Waals surface area contributed by atoms with Crippen LogP contribution in [-0.2, 0) is 17.3 Å². The van der Waals surface area contributed by atoms with Crippen LogP contribution in [0.1, 0.15) is 35.7 Å². The lowest BCUT2D eigenvalue weighted by Crippen LogP contribution is -2.20. The molecule has 92 valence electrons. The SMILES string of the molecule is O=CCn1nc(C(F)F)c2c1C(F)(F)C1CC21. The molecule has 2 aliphatic carbocycles. The van der Waals surface area contributed by atoms with Crippen molar-refractivity contribution in [1.82, 2.24) is 9.78 Å². The Kier molecular flexibility index (Phi) is 1.95. The fourth-order valence-corrected chi connectivity index (χ4v) is 2.67. The number of alkyl halides is 4. The number of rotatable bonds is 3. The van der Waals surface area contributed by atoms with Gasteiger partial charge in [-0.05, 0) is 12.3 Å². The molecule has 1 heterocycles. The van der Waals surface area contributed by atoms with Gasteiger partial charge in [-0.2, -0.15) is 13.9 Å². The van der Waals surface area contributed by atoms with Crippen LogP contribution in [0.15, 0.2) is 0 Å². The summed E-state index contributed by atoms with van der Waals surface area (Å²) in [5.74, 6) is -4.53. The van der Waals surface area contributed by atoms with Crippen molar-refractivity contribution < 1.29 is 22.4 Å². The Hall–Kier alpha value is -1.40. The molecule has 1 fully saturated rings. The summed E-state index contributed by atoms with van der Waals surface area (Å²) in [7, 11) is 0. The molecule has 0 N–H and O–H groups in total. The van der Waals surface area contributed by atoms with Crippen molar-refractivity contribution in [2.75, 3.05) is 0 Å². The quantitative estimate of drug-likeness (QED) is 0.607. The molecule has 0 radical (unpaired) electrons. The second-order valence-electron chi connectivity index (χ2n) is 4.37. The summed E-state index contributed by atoms with van der Waals surface area (Å²) in [6, 6.07) is 0. The van der Waals surface area contributed by atoms with Crippen molar-refractivity contribution in [3.05, 3.63) is 17.0 Å². The summed E-state index contributed by atoms with van der Waals surface area (Å²) in [4.78, 5) is 10.4.